The summed E-state index contributed by atoms with van der Waals surface area (Å²) in [5, 5.41) is 7.62. The molecule has 2 aliphatic rings. The molecule has 5 heteroatoms. The van der Waals surface area contributed by atoms with E-state index in [9.17, 15) is 0 Å². The van der Waals surface area contributed by atoms with Gasteiger partial charge in [-0.1, -0.05) is 18.0 Å². The molecule has 0 saturated heterocycles. The molecule has 1 N–H and O–H groups in total. The third-order valence-corrected chi connectivity index (χ3v) is 4.85. The summed E-state index contributed by atoms with van der Waals surface area (Å²) in [6.07, 6.45) is 8.52. The molecule has 3 atom stereocenters. The average molecular weight is 293 g/mol. The molecule has 2 fully saturated rings. The van der Waals surface area contributed by atoms with Crippen LogP contribution in [0.15, 0.2) is 4.52 Å². The maximum Gasteiger partial charge on any atom is 0.227 e. The number of nitrogens with zero attached hydrogens (tertiary/aromatic N) is 2. The first kappa shape index (κ1) is 15.0. The molecule has 0 radical (unpaired) electrons. The van der Waals surface area contributed by atoms with E-state index in [1.54, 1.807) is 0 Å². The van der Waals surface area contributed by atoms with Crippen LogP contribution in [0.2, 0.25) is 0 Å². The van der Waals surface area contributed by atoms with E-state index >= 15 is 0 Å². The predicted molar refractivity (Wildman–Crippen MR) is 79.9 cm³/mol. The van der Waals surface area contributed by atoms with E-state index in [0.29, 0.717) is 24.5 Å². The Hall–Kier alpha value is -0.940. The Kier molecular flexibility index (Phi) is 4.91. The molecule has 0 spiro atoms. The fourth-order valence-electron chi connectivity index (χ4n) is 3.52. The molecule has 1 heterocycles. The highest BCUT2D eigenvalue weighted by Crippen LogP contribution is 2.42. The molecule has 0 aromatic carbocycles. The van der Waals surface area contributed by atoms with E-state index in [2.05, 4.69) is 22.5 Å². The first-order valence-corrected chi connectivity index (χ1v) is 8.43. The van der Waals surface area contributed by atoms with Gasteiger partial charge in [0.25, 0.3) is 0 Å². The molecular weight excluding hydrogens is 266 g/mol. The van der Waals surface area contributed by atoms with Crippen molar-refractivity contribution in [1.29, 1.82) is 0 Å². The van der Waals surface area contributed by atoms with Crippen LogP contribution < -0.4 is 5.32 Å². The fraction of sp³-hybridized carbons (Fsp3) is 0.875. The van der Waals surface area contributed by atoms with Gasteiger partial charge in [-0.15, -0.1) is 0 Å². The third-order valence-electron chi connectivity index (χ3n) is 4.85. The van der Waals surface area contributed by atoms with E-state index in [0.717, 1.165) is 18.1 Å². The highest BCUT2D eigenvalue weighted by atomic mass is 16.5. The zero-order chi connectivity index (χ0) is 14.7. The van der Waals surface area contributed by atoms with Crippen molar-refractivity contribution in [3.8, 4) is 0 Å². The molecule has 0 bridgehead atoms. The van der Waals surface area contributed by atoms with Crippen LogP contribution in [0.5, 0.6) is 0 Å². The van der Waals surface area contributed by atoms with Gasteiger partial charge in [0.2, 0.25) is 11.7 Å². The molecule has 3 rings (SSSR count). The van der Waals surface area contributed by atoms with Crippen molar-refractivity contribution in [3.63, 3.8) is 0 Å². The Balaban J connectivity index is 1.63. The lowest BCUT2D eigenvalue weighted by molar-refractivity contribution is 0.0384. The molecule has 5 nitrogen and oxygen atoms in total. The molecule has 0 amide bonds. The number of rotatable bonds is 7. The van der Waals surface area contributed by atoms with Gasteiger partial charge >= 0.3 is 0 Å². The second-order valence-corrected chi connectivity index (χ2v) is 6.40. The Labute approximate surface area is 126 Å². The van der Waals surface area contributed by atoms with Crippen LogP contribution in [0.25, 0.3) is 0 Å². The molecule has 118 valence electrons. The number of ether oxygens (including phenoxy) is 1. The summed E-state index contributed by atoms with van der Waals surface area (Å²) in [6.45, 7) is 2.73. The summed E-state index contributed by atoms with van der Waals surface area (Å²) < 4.78 is 11.3. The van der Waals surface area contributed by atoms with Gasteiger partial charge in [0.15, 0.2) is 0 Å². The van der Waals surface area contributed by atoms with Gasteiger partial charge in [0.05, 0.1) is 0 Å². The lowest BCUT2D eigenvalue weighted by Gasteiger charge is -2.30. The smallest absolute Gasteiger partial charge is 0.227 e. The van der Waals surface area contributed by atoms with Gasteiger partial charge in [0, 0.05) is 19.1 Å². The quantitative estimate of drug-likeness (QED) is 0.837. The first-order valence-electron chi connectivity index (χ1n) is 8.43. The summed E-state index contributed by atoms with van der Waals surface area (Å²) in [7, 11) is 2.06. The second kappa shape index (κ2) is 6.88. The molecule has 2 aliphatic carbocycles. The minimum Gasteiger partial charge on any atom is -0.370 e. The highest BCUT2D eigenvalue weighted by Gasteiger charge is 2.36. The minimum absolute atomic E-state index is 0.0407. The molecule has 3 unspecified atom stereocenters. The van der Waals surface area contributed by atoms with Crippen molar-refractivity contribution < 1.29 is 9.26 Å². The van der Waals surface area contributed by atoms with Gasteiger partial charge < -0.3 is 14.6 Å². The van der Waals surface area contributed by atoms with Crippen LogP contribution in [0, 0.1) is 11.8 Å². The lowest BCUT2D eigenvalue weighted by Crippen LogP contribution is -2.37. The molecule has 1 aromatic rings. The van der Waals surface area contributed by atoms with Crippen LogP contribution in [0.4, 0.5) is 0 Å². The topological polar surface area (TPSA) is 60.2 Å². The summed E-state index contributed by atoms with van der Waals surface area (Å²) >= 11 is 0. The summed E-state index contributed by atoms with van der Waals surface area (Å²) in [6, 6.07) is 0.584. The van der Waals surface area contributed by atoms with Crippen molar-refractivity contribution in [1.82, 2.24) is 15.5 Å². The van der Waals surface area contributed by atoms with E-state index in [1.165, 1.54) is 38.5 Å². The van der Waals surface area contributed by atoms with Crippen molar-refractivity contribution in [3.05, 3.63) is 11.7 Å². The van der Waals surface area contributed by atoms with Gasteiger partial charge in [-0.2, -0.15) is 4.98 Å². The number of hydrogen-bond acceptors (Lipinski definition) is 5. The van der Waals surface area contributed by atoms with Gasteiger partial charge in [-0.25, -0.2) is 0 Å². The fourth-order valence-corrected chi connectivity index (χ4v) is 3.52. The van der Waals surface area contributed by atoms with Crippen molar-refractivity contribution in [2.75, 3.05) is 13.7 Å². The highest BCUT2D eigenvalue weighted by molar-refractivity contribution is 4.99. The van der Waals surface area contributed by atoms with E-state index in [1.807, 2.05) is 6.92 Å². The average Bonchev–Trinajstić information content (AvgIpc) is 3.25. The van der Waals surface area contributed by atoms with Crippen LogP contribution in [0.1, 0.15) is 63.3 Å². The van der Waals surface area contributed by atoms with Crippen molar-refractivity contribution in [2.45, 2.75) is 64.0 Å². The SMILES string of the molecule is CCOC(c1noc(CC2CCCCC2NC)n1)C1CC1. The maximum atomic E-state index is 5.80. The van der Waals surface area contributed by atoms with Crippen LogP contribution in [-0.4, -0.2) is 29.8 Å². The summed E-state index contributed by atoms with van der Waals surface area (Å²) in [5.41, 5.74) is 0. The van der Waals surface area contributed by atoms with E-state index in [-0.39, 0.29) is 6.10 Å². The monoisotopic (exact) mass is 293 g/mol. The van der Waals surface area contributed by atoms with E-state index < -0.39 is 0 Å². The zero-order valence-corrected chi connectivity index (χ0v) is 13.2. The third kappa shape index (κ3) is 3.64. The first-order chi connectivity index (χ1) is 10.3. The summed E-state index contributed by atoms with van der Waals surface area (Å²) in [5.74, 6) is 2.74. The van der Waals surface area contributed by atoms with Crippen LogP contribution >= 0.6 is 0 Å². The number of nitrogens with one attached hydrogen (secondary N) is 1. The zero-order valence-electron chi connectivity index (χ0n) is 13.2. The van der Waals surface area contributed by atoms with Crippen molar-refractivity contribution >= 4 is 0 Å². The molecule has 1 aromatic heterocycles. The molecule has 21 heavy (non-hydrogen) atoms. The molecular formula is C16H27N3O2. The molecule has 0 aliphatic heterocycles. The van der Waals surface area contributed by atoms with Crippen molar-refractivity contribution in [2.24, 2.45) is 11.8 Å². The summed E-state index contributed by atoms with van der Waals surface area (Å²) in [4.78, 5) is 4.62. The Morgan fingerprint density at radius 2 is 2.10 bits per heavy atom. The number of aromatic nitrogens is 2. The molecule has 2 saturated carbocycles. The van der Waals surface area contributed by atoms with Crippen LogP contribution in [-0.2, 0) is 11.2 Å². The van der Waals surface area contributed by atoms with E-state index in [4.69, 9.17) is 9.26 Å². The van der Waals surface area contributed by atoms with Gasteiger partial charge in [-0.3, -0.25) is 0 Å². The second-order valence-electron chi connectivity index (χ2n) is 6.40. The lowest BCUT2D eigenvalue weighted by atomic mass is 9.82. The maximum absolute atomic E-state index is 5.80. The van der Waals surface area contributed by atoms with Gasteiger partial charge in [0.1, 0.15) is 6.10 Å². The Morgan fingerprint density at radius 3 is 2.81 bits per heavy atom. The minimum atomic E-state index is 0.0407. The predicted octanol–water partition coefficient (Wildman–Crippen LogP) is 2.88. The van der Waals surface area contributed by atoms with Gasteiger partial charge in [-0.05, 0) is 51.5 Å². The largest absolute Gasteiger partial charge is 0.370 e. The Bertz CT molecular complexity index is 444. The Morgan fingerprint density at radius 1 is 1.29 bits per heavy atom. The standard InChI is InChI=1S/C16H27N3O2/c1-3-20-15(11-8-9-11)16-18-14(21-19-16)10-12-6-4-5-7-13(12)17-2/h11-13,15,17H,3-10H2,1-2H3. The van der Waals surface area contributed by atoms with Crippen LogP contribution in [0.3, 0.4) is 0 Å². The normalized spacial score (nSPS) is 27.7. The number of hydrogen-bond donors (Lipinski definition) is 1.